The first-order chi connectivity index (χ1) is 15.0. The Bertz CT molecular complexity index is 1330. The maximum atomic E-state index is 13.7. The molecule has 0 spiro atoms. The summed E-state index contributed by atoms with van der Waals surface area (Å²) in [6, 6.07) is 16.8. The number of benzene rings is 2. The molecule has 2 aromatic carbocycles. The van der Waals surface area contributed by atoms with Gasteiger partial charge >= 0.3 is 0 Å². The molecular formula is C23H25N5O2S. The van der Waals surface area contributed by atoms with Crippen LogP contribution in [0.3, 0.4) is 0 Å². The van der Waals surface area contributed by atoms with Crippen molar-refractivity contribution in [3.8, 4) is 0 Å². The van der Waals surface area contributed by atoms with Gasteiger partial charge in [0.25, 0.3) is 0 Å². The molecule has 0 aliphatic heterocycles. The van der Waals surface area contributed by atoms with E-state index in [1.165, 1.54) is 0 Å². The van der Waals surface area contributed by atoms with E-state index in [4.69, 9.17) is 0 Å². The summed E-state index contributed by atoms with van der Waals surface area (Å²) in [5, 5.41) is 13.3. The first kappa shape index (κ1) is 20.1. The predicted octanol–water partition coefficient (Wildman–Crippen LogP) is 4.11. The topological polar surface area (TPSA) is 80.5 Å². The van der Waals surface area contributed by atoms with Gasteiger partial charge < -0.3 is 0 Å². The maximum Gasteiger partial charge on any atom is 0.243 e. The molecule has 2 heterocycles. The summed E-state index contributed by atoms with van der Waals surface area (Å²) in [5.41, 5.74) is 3.45. The molecule has 0 bridgehead atoms. The Balaban J connectivity index is 1.64. The molecular weight excluding hydrogens is 410 g/mol. The van der Waals surface area contributed by atoms with E-state index in [0.29, 0.717) is 10.5 Å². The van der Waals surface area contributed by atoms with Crippen molar-refractivity contribution < 1.29 is 8.42 Å². The zero-order valence-electron chi connectivity index (χ0n) is 17.5. The van der Waals surface area contributed by atoms with E-state index in [0.717, 1.165) is 54.1 Å². The quantitative estimate of drug-likeness (QED) is 0.471. The van der Waals surface area contributed by atoms with E-state index in [2.05, 4.69) is 21.6 Å². The third kappa shape index (κ3) is 3.70. The molecule has 1 saturated carbocycles. The van der Waals surface area contributed by atoms with Gasteiger partial charge in [-0.25, -0.2) is 8.42 Å². The van der Waals surface area contributed by atoms with Crippen molar-refractivity contribution in [2.75, 3.05) is 0 Å². The van der Waals surface area contributed by atoms with Gasteiger partial charge in [0.05, 0.1) is 10.4 Å². The van der Waals surface area contributed by atoms with Gasteiger partial charge in [-0.15, -0.1) is 5.10 Å². The SMILES string of the molecule is Cc1ccc2c(c1)cc(CN(C1CCCCC1)S(=O)(=O)c1ccccc1)c1nnnn12. The minimum Gasteiger partial charge on any atom is -0.207 e. The van der Waals surface area contributed by atoms with Gasteiger partial charge in [0.2, 0.25) is 10.0 Å². The molecule has 0 unspecified atom stereocenters. The first-order valence-electron chi connectivity index (χ1n) is 10.7. The monoisotopic (exact) mass is 435 g/mol. The van der Waals surface area contributed by atoms with E-state index in [1.54, 1.807) is 33.1 Å². The summed E-state index contributed by atoms with van der Waals surface area (Å²) >= 11 is 0. The fourth-order valence-corrected chi connectivity index (χ4v) is 6.26. The molecule has 31 heavy (non-hydrogen) atoms. The minimum absolute atomic E-state index is 0.0249. The number of aromatic nitrogens is 4. The molecule has 0 N–H and O–H groups in total. The number of pyridine rings is 1. The molecule has 4 aromatic rings. The van der Waals surface area contributed by atoms with Crippen LogP contribution in [0.15, 0.2) is 59.5 Å². The Morgan fingerprint density at radius 2 is 1.81 bits per heavy atom. The molecule has 8 heteroatoms. The van der Waals surface area contributed by atoms with Crippen molar-refractivity contribution in [3.05, 3.63) is 65.7 Å². The predicted molar refractivity (Wildman–Crippen MR) is 119 cm³/mol. The van der Waals surface area contributed by atoms with Crippen LogP contribution in [0.4, 0.5) is 0 Å². The second-order valence-corrected chi connectivity index (χ2v) is 10.2. The van der Waals surface area contributed by atoms with Crippen molar-refractivity contribution in [1.29, 1.82) is 0 Å². The molecule has 5 rings (SSSR count). The lowest BCUT2D eigenvalue weighted by atomic mass is 9.95. The highest BCUT2D eigenvalue weighted by molar-refractivity contribution is 7.89. The highest BCUT2D eigenvalue weighted by Crippen LogP contribution is 2.31. The molecule has 0 saturated heterocycles. The minimum atomic E-state index is -3.66. The summed E-state index contributed by atoms with van der Waals surface area (Å²) < 4.78 is 30.8. The van der Waals surface area contributed by atoms with Crippen LogP contribution in [0.1, 0.15) is 43.2 Å². The van der Waals surface area contributed by atoms with Crippen LogP contribution in [0.5, 0.6) is 0 Å². The lowest BCUT2D eigenvalue weighted by Crippen LogP contribution is -2.41. The lowest BCUT2D eigenvalue weighted by molar-refractivity contribution is 0.248. The molecule has 0 amide bonds. The lowest BCUT2D eigenvalue weighted by Gasteiger charge is -2.33. The standard InChI is InChI=1S/C23H25N5O2S/c1-17-12-13-22-18(14-17)15-19(23-24-25-26-28(22)23)16-27(20-8-4-2-5-9-20)31(29,30)21-10-6-3-7-11-21/h3,6-7,10-15,20H,2,4-5,8-9,16H2,1H3. The molecule has 1 aliphatic rings. The Kier molecular flexibility index (Phi) is 5.19. The summed E-state index contributed by atoms with van der Waals surface area (Å²) in [7, 11) is -3.66. The van der Waals surface area contributed by atoms with Crippen molar-refractivity contribution in [1.82, 2.24) is 24.3 Å². The van der Waals surface area contributed by atoms with Crippen molar-refractivity contribution in [2.24, 2.45) is 0 Å². The fourth-order valence-electron chi connectivity index (χ4n) is 4.58. The smallest absolute Gasteiger partial charge is 0.207 e. The number of hydrogen-bond donors (Lipinski definition) is 0. The zero-order chi connectivity index (χ0) is 21.4. The molecule has 0 radical (unpaired) electrons. The molecule has 7 nitrogen and oxygen atoms in total. The van der Waals surface area contributed by atoms with E-state index < -0.39 is 10.0 Å². The Labute approximate surface area is 181 Å². The Morgan fingerprint density at radius 1 is 1.03 bits per heavy atom. The summed E-state index contributed by atoms with van der Waals surface area (Å²) in [5.74, 6) is 0. The molecule has 160 valence electrons. The van der Waals surface area contributed by atoms with Gasteiger partial charge in [0.1, 0.15) is 0 Å². The summed E-state index contributed by atoms with van der Waals surface area (Å²) in [6.07, 6.45) is 5.00. The van der Waals surface area contributed by atoms with Crippen molar-refractivity contribution >= 4 is 26.6 Å². The molecule has 1 aliphatic carbocycles. The number of nitrogens with zero attached hydrogens (tertiary/aromatic N) is 5. The number of aryl methyl sites for hydroxylation is 1. The van der Waals surface area contributed by atoms with Crippen LogP contribution < -0.4 is 0 Å². The third-order valence-corrected chi connectivity index (χ3v) is 8.07. The normalized spacial score (nSPS) is 15.8. The number of fused-ring (bicyclic) bond motifs is 3. The average molecular weight is 436 g/mol. The molecule has 2 aromatic heterocycles. The highest BCUT2D eigenvalue weighted by atomic mass is 32.2. The van der Waals surface area contributed by atoms with Crippen LogP contribution in [0, 0.1) is 6.92 Å². The number of tetrazole rings is 1. The van der Waals surface area contributed by atoms with E-state index in [-0.39, 0.29) is 12.6 Å². The van der Waals surface area contributed by atoms with Gasteiger partial charge in [-0.3, -0.25) is 0 Å². The van der Waals surface area contributed by atoms with Crippen LogP contribution in [-0.2, 0) is 16.6 Å². The Morgan fingerprint density at radius 3 is 2.58 bits per heavy atom. The van der Waals surface area contributed by atoms with Crippen molar-refractivity contribution in [2.45, 2.75) is 56.5 Å². The van der Waals surface area contributed by atoms with E-state index in [1.807, 2.05) is 31.2 Å². The number of sulfonamides is 1. The zero-order valence-corrected chi connectivity index (χ0v) is 18.3. The van der Waals surface area contributed by atoms with Gasteiger partial charge in [0.15, 0.2) is 5.65 Å². The number of rotatable bonds is 5. The fraction of sp³-hybridized carbons (Fsp3) is 0.348. The van der Waals surface area contributed by atoms with Crippen LogP contribution in [0.2, 0.25) is 0 Å². The highest BCUT2D eigenvalue weighted by Gasteiger charge is 2.33. The summed E-state index contributed by atoms with van der Waals surface area (Å²) in [6.45, 7) is 2.28. The Hall–Kier alpha value is -2.84. The van der Waals surface area contributed by atoms with Crippen molar-refractivity contribution in [3.63, 3.8) is 0 Å². The largest absolute Gasteiger partial charge is 0.243 e. The first-order valence-corrected chi connectivity index (χ1v) is 12.2. The van der Waals surface area contributed by atoms with Gasteiger partial charge in [-0.1, -0.05) is 49.1 Å². The van der Waals surface area contributed by atoms with E-state index in [9.17, 15) is 8.42 Å². The van der Waals surface area contributed by atoms with Gasteiger partial charge in [-0.05, 0) is 60.5 Å². The molecule has 0 atom stereocenters. The van der Waals surface area contributed by atoms with Crippen LogP contribution in [-0.4, -0.2) is 38.8 Å². The van der Waals surface area contributed by atoms with Crippen LogP contribution >= 0.6 is 0 Å². The van der Waals surface area contributed by atoms with Gasteiger partial charge in [0, 0.05) is 23.5 Å². The second-order valence-electron chi connectivity index (χ2n) is 8.30. The maximum absolute atomic E-state index is 13.7. The average Bonchev–Trinajstić information content (AvgIpc) is 3.28. The third-order valence-electron chi connectivity index (χ3n) is 6.16. The second kappa shape index (κ2) is 8.01. The summed E-state index contributed by atoms with van der Waals surface area (Å²) in [4.78, 5) is 0.327. The van der Waals surface area contributed by atoms with Gasteiger partial charge in [-0.2, -0.15) is 8.82 Å². The molecule has 1 fully saturated rings. The van der Waals surface area contributed by atoms with E-state index >= 15 is 0 Å². The van der Waals surface area contributed by atoms with Crippen LogP contribution in [0.25, 0.3) is 16.6 Å². The number of hydrogen-bond acceptors (Lipinski definition) is 5.